The highest BCUT2D eigenvalue weighted by Gasteiger charge is 2.51. The van der Waals surface area contributed by atoms with Crippen LogP contribution in [0.15, 0.2) is 24.3 Å². The molecule has 1 saturated carbocycles. The van der Waals surface area contributed by atoms with E-state index in [1.165, 1.54) is 4.90 Å². The number of hydrogen-bond donors (Lipinski definition) is 2. The van der Waals surface area contributed by atoms with E-state index in [9.17, 15) is 19.2 Å². The van der Waals surface area contributed by atoms with E-state index in [4.69, 9.17) is 11.6 Å². The van der Waals surface area contributed by atoms with Gasteiger partial charge in [-0.3, -0.25) is 19.3 Å². The van der Waals surface area contributed by atoms with Crippen molar-refractivity contribution in [3.05, 3.63) is 34.9 Å². The lowest BCUT2D eigenvalue weighted by molar-refractivity contribution is -0.141. The lowest BCUT2D eigenvalue weighted by Gasteiger charge is -2.30. The van der Waals surface area contributed by atoms with Gasteiger partial charge in [0.1, 0.15) is 12.1 Å². The molecule has 1 aromatic rings. The predicted molar refractivity (Wildman–Crippen MR) is 112 cm³/mol. The van der Waals surface area contributed by atoms with E-state index in [0.29, 0.717) is 31.0 Å². The summed E-state index contributed by atoms with van der Waals surface area (Å²) in [6, 6.07) is 6.57. The zero-order chi connectivity index (χ0) is 21.7. The van der Waals surface area contributed by atoms with Gasteiger partial charge in [-0.2, -0.15) is 0 Å². The first-order valence-electron chi connectivity index (χ1n) is 10.3. The lowest BCUT2D eigenvalue weighted by Crippen LogP contribution is -2.49. The van der Waals surface area contributed by atoms with Crippen LogP contribution in [-0.4, -0.2) is 58.7 Å². The minimum absolute atomic E-state index is 0.141. The van der Waals surface area contributed by atoms with Gasteiger partial charge >= 0.3 is 6.03 Å². The van der Waals surface area contributed by atoms with Gasteiger partial charge in [0.25, 0.3) is 5.91 Å². The second kappa shape index (κ2) is 9.47. The van der Waals surface area contributed by atoms with Gasteiger partial charge in [0.2, 0.25) is 11.8 Å². The second-order valence-corrected chi connectivity index (χ2v) is 8.21. The number of halogens is 1. The van der Waals surface area contributed by atoms with Crippen molar-refractivity contribution < 1.29 is 19.2 Å². The van der Waals surface area contributed by atoms with Gasteiger partial charge in [-0.1, -0.05) is 43.0 Å². The Hall–Kier alpha value is -2.61. The number of rotatable bonds is 7. The molecule has 0 aromatic heterocycles. The fourth-order valence-electron chi connectivity index (χ4n) is 3.96. The minimum atomic E-state index is -0.859. The van der Waals surface area contributed by atoms with Crippen molar-refractivity contribution in [2.75, 3.05) is 19.6 Å². The summed E-state index contributed by atoms with van der Waals surface area (Å²) in [6.45, 7) is 1.86. The Balaban J connectivity index is 1.54. The Bertz CT molecular complexity index is 821. The van der Waals surface area contributed by atoms with Crippen LogP contribution in [0.3, 0.4) is 0 Å². The molecular formula is C21H27ClN4O4. The van der Waals surface area contributed by atoms with E-state index < -0.39 is 17.5 Å². The van der Waals surface area contributed by atoms with Crippen LogP contribution in [0.5, 0.6) is 0 Å². The normalized spacial score (nSPS) is 17.7. The molecule has 0 atom stereocenters. The fraction of sp³-hybridized carbons (Fsp3) is 0.524. The molecule has 1 saturated heterocycles. The quantitative estimate of drug-likeness (QED) is 0.641. The van der Waals surface area contributed by atoms with Crippen molar-refractivity contribution >= 4 is 35.4 Å². The molecule has 2 N–H and O–H groups in total. The Morgan fingerprint density at radius 3 is 2.47 bits per heavy atom. The van der Waals surface area contributed by atoms with Crippen molar-refractivity contribution in [2.45, 2.75) is 51.1 Å². The summed E-state index contributed by atoms with van der Waals surface area (Å²) in [5, 5.41) is 6.17. The van der Waals surface area contributed by atoms with Gasteiger partial charge < -0.3 is 15.5 Å². The first-order valence-corrected chi connectivity index (χ1v) is 10.7. The van der Waals surface area contributed by atoms with E-state index in [-0.39, 0.29) is 24.9 Å². The third kappa shape index (κ3) is 4.92. The zero-order valence-electron chi connectivity index (χ0n) is 17.1. The molecule has 162 valence electrons. The number of urea groups is 1. The molecule has 8 nitrogen and oxygen atoms in total. The molecule has 1 aromatic carbocycles. The number of nitrogens with zero attached hydrogens (tertiary/aromatic N) is 2. The number of benzene rings is 1. The molecule has 2 fully saturated rings. The largest absolute Gasteiger partial charge is 0.350 e. The molecule has 5 amide bonds. The number of amides is 5. The first kappa shape index (κ1) is 22.1. The van der Waals surface area contributed by atoms with E-state index in [1.54, 1.807) is 19.1 Å². The molecule has 0 unspecified atom stereocenters. The summed E-state index contributed by atoms with van der Waals surface area (Å²) in [6.07, 6.45) is 4.00. The molecule has 30 heavy (non-hydrogen) atoms. The van der Waals surface area contributed by atoms with Crippen molar-refractivity contribution in [1.82, 2.24) is 20.4 Å². The van der Waals surface area contributed by atoms with Gasteiger partial charge in [0.15, 0.2) is 0 Å². The third-order valence-electron chi connectivity index (χ3n) is 5.72. The summed E-state index contributed by atoms with van der Waals surface area (Å²) >= 11 is 5.85. The molecule has 1 aliphatic carbocycles. The maximum Gasteiger partial charge on any atom is 0.325 e. The standard InChI is InChI=1S/C21H27ClN4O4/c1-2-25(13-17(27)23-12-15-6-8-16(22)9-7-15)18(28)14-26-19(29)21(24-20(26)30)10-4-3-5-11-21/h6-9H,2-5,10-14H2,1H3,(H,23,27)(H,24,30). The number of carbonyl (C=O) groups excluding carboxylic acids is 4. The summed E-state index contributed by atoms with van der Waals surface area (Å²) in [7, 11) is 0. The summed E-state index contributed by atoms with van der Waals surface area (Å²) in [5.74, 6) is -1.08. The average Bonchev–Trinajstić information content (AvgIpc) is 2.95. The van der Waals surface area contributed by atoms with Gasteiger partial charge in [0.05, 0.1) is 6.54 Å². The first-order chi connectivity index (χ1) is 14.3. The zero-order valence-corrected chi connectivity index (χ0v) is 17.8. The molecule has 2 aliphatic rings. The Morgan fingerprint density at radius 1 is 1.17 bits per heavy atom. The monoisotopic (exact) mass is 434 g/mol. The molecule has 1 spiro atoms. The Labute approximate surface area is 180 Å². The van der Waals surface area contributed by atoms with Crippen LogP contribution in [0.4, 0.5) is 4.79 Å². The summed E-state index contributed by atoms with van der Waals surface area (Å²) < 4.78 is 0. The summed E-state index contributed by atoms with van der Waals surface area (Å²) in [5.41, 5.74) is 0.0297. The summed E-state index contributed by atoms with van der Waals surface area (Å²) in [4.78, 5) is 52.5. The van der Waals surface area contributed by atoms with Crippen LogP contribution >= 0.6 is 11.6 Å². The molecule has 0 bridgehead atoms. The highest BCUT2D eigenvalue weighted by atomic mass is 35.5. The molecule has 0 radical (unpaired) electrons. The van der Waals surface area contributed by atoms with Crippen LogP contribution in [0.1, 0.15) is 44.6 Å². The van der Waals surface area contributed by atoms with Crippen molar-refractivity contribution in [2.24, 2.45) is 0 Å². The topological polar surface area (TPSA) is 98.8 Å². The lowest BCUT2D eigenvalue weighted by atomic mass is 9.82. The number of nitrogens with one attached hydrogen (secondary N) is 2. The van der Waals surface area contributed by atoms with Gasteiger partial charge in [-0.05, 0) is 37.5 Å². The molecular weight excluding hydrogens is 408 g/mol. The van der Waals surface area contributed by atoms with Gasteiger partial charge in [-0.15, -0.1) is 0 Å². The Kier molecular flexibility index (Phi) is 6.97. The molecule has 9 heteroatoms. The molecule has 3 rings (SSSR count). The number of imide groups is 1. The van der Waals surface area contributed by atoms with E-state index in [1.807, 2.05) is 12.1 Å². The second-order valence-electron chi connectivity index (χ2n) is 7.78. The van der Waals surface area contributed by atoms with Crippen molar-refractivity contribution in [1.29, 1.82) is 0 Å². The van der Waals surface area contributed by atoms with Crippen LogP contribution in [-0.2, 0) is 20.9 Å². The fourth-order valence-corrected chi connectivity index (χ4v) is 4.08. The van der Waals surface area contributed by atoms with Crippen LogP contribution < -0.4 is 10.6 Å². The number of likely N-dealkylation sites (N-methyl/N-ethyl adjacent to an activating group) is 1. The minimum Gasteiger partial charge on any atom is -0.350 e. The van der Waals surface area contributed by atoms with Crippen LogP contribution in [0.2, 0.25) is 5.02 Å². The average molecular weight is 435 g/mol. The number of hydrogen-bond acceptors (Lipinski definition) is 4. The van der Waals surface area contributed by atoms with E-state index in [0.717, 1.165) is 29.7 Å². The van der Waals surface area contributed by atoms with Crippen LogP contribution in [0, 0.1) is 0 Å². The predicted octanol–water partition coefficient (Wildman–Crippen LogP) is 2.06. The Morgan fingerprint density at radius 2 is 1.83 bits per heavy atom. The highest BCUT2D eigenvalue weighted by molar-refractivity contribution is 6.30. The van der Waals surface area contributed by atoms with E-state index in [2.05, 4.69) is 10.6 Å². The van der Waals surface area contributed by atoms with Crippen LogP contribution in [0.25, 0.3) is 0 Å². The van der Waals surface area contributed by atoms with Crippen molar-refractivity contribution in [3.63, 3.8) is 0 Å². The van der Waals surface area contributed by atoms with Gasteiger partial charge in [0, 0.05) is 18.1 Å². The van der Waals surface area contributed by atoms with Crippen molar-refractivity contribution in [3.8, 4) is 0 Å². The van der Waals surface area contributed by atoms with Gasteiger partial charge in [-0.25, -0.2) is 4.79 Å². The third-order valence-corrected chi connectivity index (χ3v) is 5.97. The molecule has 1 aliphatic heterocycles. The highest BCUT2D eigenvalue weighted by Crippen LogP contribution is 2.33. The molecule has 1 heterocycles. The smallest absolute Gasteiger partial charge is 0.325 e. The maximum absolute atomic E-state index is 12.8. The SMILES string of the molecule is CCN(CC(=O)NCc1ccc(Cl)cc1)C(=O)CN1C(=O)NC2(CCCCC2)C1=O. The number of carbonyl (C=O) groups is 4. The van der Waals surface area contributed by atoms with E-state index >= 15 is 0 Å². The maximum atomic E-state index is 12.8.